The van der Waals surface area contributed by atoms with E-state index in [0.717, 1.165) is 28.4 Å². The Balaban J connectivity index is 2.53. The molecule has 0 aliphatic heterocycles. The van der Waals surface area contributed by atoms with Gasteiger partial charge in [0, 0.05) is 11.8 Å². The summed E-state index contributed by atoms with van der Waals surface area (Å²) in [6, 6.07) is 7.89. The van der Waals surface area contributed by atoms with Crippen molar-refractivity contribution in [3.05, 3.63) is 41.9 Å². The predicted octanol–water partition coefficient (Wildman–Crippen LogP) is 2.77. The summed E-state index contributed by atoms with van der Waals surface area (Å²) < 4.78 is 5.20. The van der Waals surface area contributed by atoms with E-state index in [4.69, 9.17) is 4.74 Å². The Labute approximate surface area is 95.1 Å². The first-order valence-electron chi connectivity index (χ1n) is 5.15. The van der Waals surface area contributed by atoms with Gasteiger partial charge in [0.1, 0.15) is 11.6 Å². The maximum absolute atomic E-state index is 5.20. The topological polar surface area (TPSA) is 35.0 Å². The Morgan fingerprint density at radius 2 is 2.00 bits per heavy atom. The molecule has 16 heavy (non-hydrogen) atoms. The van der Waals surface area contributed by atoms with Crippen LogP contribution in [-0.2, 0) is 0 Å². The third-order valence-electron chi connectivity index (χ3n) is 2.44. The smallest absolute Gasteiger partial charge is 0.125 e. The molecule has 0 unspecified atom stereocenters. The fourth-order valence-corrected chi connectivity index (χ4v) is 1.59. The number of hydrogen-bond donors (Lipinski definition) is 0. The Morgan fingerprint density at radius 3 is 2.75 bits per heavy atom. The summed E-state index contributed by atoms with van der Waals surface area (Å²) in [6.07, 6.45) is 1.84. The summed E-state index contributed by atoms with van der Waals surface area (Å²) >= 11 is 0. The van der Waals surface area contributed by atoms with Crippen molar-refractivity contribution < 1.29 is 4.74 Å². The normalized spacial score (nSPS) is 10.2. The van der Waals surface area contributed by atoms with E-state index in [2.05, 4.69) is 9.97 Å². The molecule has 0 saturated carbocycles. The van der Waals surface area contributed by atoms with Gasteiger partial charge in [0.15, 0.2) is 0 Å². The van der Waals surface area contributed by atoms with Gasteiger partial charge < -0.3 is 4.74 Å². The molecule has 0 aliphatic rings. The SMILES string of the molecule is COc1cccc(-c2nc(C)ncc2C)c1. The van der Waals surface area contributed by atoms with Crippen molar-refractivity contribution in [2.75, 3.05) is 7.11 Å². The molecule has 0 amide bonds. The molecule has 3 heteroatoms. The molecule has 1 aromatic carbocycles. The molecular weight excluding hydrogens is 200 g/mol. The zero-order valence-corrected chi connectivity index (χ0v) is 9.69. The van der Waals surface area contributed by atoms with Crippen molar-refractivity contribution in [2.24, 2.45) is 0 Å². The fourth-order valence-electron chi connectivity index (χ4n) is 1.59. The van der Waals surface area contributed by atoms with Gasteiger partial charge in [-0.3, -0.25) is 0 Å². The van der Waals surface area contributed by atoms with Crippen LogP contribution in [-0.4, -0.2) is 17.1 Å². The molecule has 2 aromatic rings. The first-order valence-corrected chi connectivity index (χ1v) is 5.15. The summed E-state index contributed by atoms with van der Waals surface area (Å²) in [6.45, 7) is 3.90. The number of hydrogen-bond acceptors (Lipinski definition) is 3. The molecule has 0 saturated heterocycles. The number of benzene rings is 1. The minimum absolute atomic E-state index is 0.781. The van der Waals surface area contributed by atoms with Crippen molar-refractivity contribution in [1.82, 2.24) is 9.97 Å². The number of ether oxygens (including phenoxy) is 1. The molecule has 0 N–H and O–H groups in total. The molecule has 1 heterocycles. The number of rotatable bonds is 2. The van der Waals surface area contributed by atoms with Crippen LogP contribution in [0.1, 0.15) is 11.4 Å². The van der Waals surface area contributed by atoms with E-state index in [0.29, 0.717) is 0 Å². The molecule has 0 radical (unpaired) electrons. The van der Waals surface area contributed by atoms with Crippen molar-refractivity contribution in [3.63, 3.8) is 0 Å². The van der Waals surface area contributed by atoms with Gasteiger partial charge in [-0.1, -0.05) is 12.1 Å². The predicted molar refractivity (Wildman–Crippen MR) is 63.5 cm³/mol. The maximum Gasteiger partial charge on any atom is 0.125 e. The van der Waals surface area contributed by atoms with Gasteiger partial charge >= 0.3 is 0 Å². The van der Waals surface area contributed by atoms with E-state index in [1.54, 1.807) is 7.11 Å². The van der Waals surface area contributed by atoms with Gasteiger partial charge in [0.05, 0.1) is 12.8 Å². The number of aromatic nitrogens is 2. The van der Waals surface area contributed by atoms with E-state index < -0.39 is 0 Å². The summed E-state index contributed by atoms with van der Waals surface area (Å²) in [5.41, 5.74) is 3.09. The minimum Gasteiger partial charge on any atom is -0.497 e. The Morgan fingerprint density at radius 1 is 1.19 bits per heavy atom. The minimum atomic E-state index is 0.781. The molecule has 82 valence electrons. The van der Waals surface area contributed by atoms with Crippen LogP contribution in [0.5, 0.6) is 5.75 Å². The van der Waals surface area contributed by atoms with Gasteiger partial charge in [-0.15, -0.1) is 0 Å². The molecule has 0 spiro atoms. The van der Waals surface area contributed by atoms with Crippen molar-refractivity contribution in [1.29, 1.82) is 0 Å². The second kappa shape index (κ2) is 4.31. The molecule has 3 nitrogen and oxygen atoms in total. The third kappa shape index (κ3) is 2.03. The van der Waals surface area contributed by atoms with Crippen LogP contribution in [0, 0.1) is 13.8 Å². The first-order chi connectivity index (χ1) is 7.70. The van der Waals surface area contributed by atoms with E-state index in [-0.39, 0.29) is 0 Å². The highest BCUT2D eigenvalue weighted by molar-refractivity contribution is 5.64. The van der Waals surface area contributed by atoms with Gasteiger partial charge in [-0.25, -0.2) is 9.97 Å². The third-order valence-corrected chi connectivity index (χ3v) is 2.44. The van der Waals surface area contributed by atoms with Crippen LogP contribution in [0.3, 0.4) is 0 Å². The monoisotopic (exact) mass is 214 g/mol. The highest BCUT2D eigenvalue weighted by Gasteiger charge is 2.05. The Kier molecular flexibility index (Phi) is 2.86. The lowest BCUT2D eigenvalue weighted by Gasteiger charge is -2.07. The van der Waals surface area contributed by atoms with E-state index in [1.807, 2.05) is 44.3 Å². The molecule has 0 fully saturated rings. The van der Waals surface area contributed by atoms with Crippen LogP contribution < -0.4 is 4.74 Å². The zero-order valence-electron chi connectivity index (χ0n) is 9.69. The fraction of sp³-hybridized carbons (Fsp3) is 0.231. The number of nitrogens with zero attached hydrogens (tertiary/aromatic N) is 2. The van der Waals surface area contributed by atoms with Crippen molar-refractivity contribution >= 4 is 0 Å². The molecule has 2 rings (SSSR count). The lowest BCUT2D eigenvalue weighted by molar-refractivity contribution is 0.415. The molecule has 0 atom stereocenters. The number of aryl methyl sites for hydroxylation is 2. The average Bonchev–Trinajstić information content (AvgIpc) is 2.32. The molecular formula is C13H14N2O. The van der Waals surface area contributed by atoms with Gasteiger partial charge in [-0.05, 0) is 31.5 Å². The van der Waals surface area contributed by atoms with Crippen LogP contribution in [0.25, 0.3) is 11.3 Å². The van der Waals surface area contributed by atoms with E-state index in [9.17, 15) is 0 Å². The van der Waals surface area contributed by atoms with Crippen LogP contribution >= 0.6 is 0 Å². The summed E-state index contributed by atoms with van der Waals surface area (Å²) in [4.78, 5) is 8.62. The van der Waals surface area contributed by atoms with E-state index >= 15 is 0 Å². The maximum atomic E-state index is 5.20. The highest BCUT2D eigenvalue weighted by atomic mass is 16.5. The van der Waals surface area contributed by atoms with Crippen molar-refractivity contribution in [3.8, 4) is 17.0 Å². The second-order valence-electron chi connectivity index (χ2n) is 3.68. The van der Waals surface area contributed by atoms with Crippen LogP contribution in [0.4, 0.5) is 0 Å². The van der Waals surface area contributed by atoms with E-state index in [1.165, 1.54) is 0 Å². The lowest BCUT2D eigenvalue weighted by atomic mass is 10.1. The average molecular weight is 214 g/mol. The summed E-state index contributed by atoms with van der Waals surface area (Å²) in [5.74, 6) is 1.62. The Hall–Kier alpha value is -1.90. The van der Waals surface area contributed by atoms with Gasteiger partial charge in [0.25, 0.3) is 0 Å². The number of methoxy groups -OCH3 is 1. The zero-order chi connectivity index (χ0) is 11.5. The molecule has 0 aliphatic carbocycles. The molecule has 0 bridgehead atoms. The lowest BCUT2D eigenvalue weighted by Crippen LogP contribution is -1.94. The van der Waals surface area contributed by atoms with Gasteiger partial charge in [-0.2, -0.15) is 0 Å². The van der Waals surface area contributed by atoms with Crippen molar-refractivity contribution in [2.45, 2.75) is 13.8 Å². The summed E-state index contributed by atoms with van der Waals surface area (Å²) in [5, 5.41) is 0. The van der Waals surface area contributed by atoms with Crippen LogP contribution in [0.15, 0.2) is 30.5 Å². The summed E-state index contributed by atoms with van der Waals surface area (Å²) in [7, 11) is 1.66. The van der Waals surface area contributed by atoms with Gasteiger partial charge in [0.2, 0.25) is 0 Å². The van der Waals surface area contributed by atoms with Crippen LogP contribution in [0.2, 0.25) is 0 Å². The first kappa shape index (κ1) is 10.6. The highest BCUT2D eigenvalue weighted by Crippen LogP contribution is 2.24. The quantitative estimate of drug-likeness (QED) is 0.771. The second-order valence-corrected chi connectivity index (χ2v) is 3.68. The standard InChI is InChI=1S/C13H14N2O/c1-9-8-14-10(2)15-13(9)11-5-4-6-12(7-11)16-3/h4-8H,1-3H3. The Bertz CT molecular complexity index is 509. The molecule has 1 aromatic heterocycles. The largest absolute Gasteiger partial charge is 0.497 e.